The molecule has 0 amide bonds. The minimum absolute atomic E-state index is 0.451. The summed E-state index contributed by atoms with van der Waals surface area (Å²) in [5, 5.41) is 1.98. The zero-order chi connectivity index (χ0) is 14.4. The van der Waals surface area contributed by atoms with E-state index in [0.29, 0.717) is 24.9 Å². The number of benzene rings is 2. The predicted molar refractivity (Wildman–Crippen MR) is 88.5 cm³/mol. The van der Waals surface area contributed by atoms with Gasteiger partial charge in [-0.25, -0.2) is 0 Å². The number of imidazole rings is 1. The highest BCUT2D eigenvalue weighted by Gasteiger charge is 2.12. The summed E-state index contributed by atoms with van der Waals surface area (Å²) in [6, 6.07) is 8.69. The summed E-state index contributed by atoms with van der Waals surface area (Å²) in [4.78, 5) is 3.08. The first-order valence-corrected chi connectivity index (χ1v) is 7.44. The number of hydrogen-bond donors (Lipinski definition) is 1. The molecule has 0 fully saturated rings. The van der Waals surface area contributed by atoms with E-state index in [4.69, 9.17) is 58.6 Å². The van der Waals surface area contributed by atoms with Crippen molar-refractivity contribution in [3.05, 3.63) is 55.2 Å². The predicted octanol–water partition coefficient (Wildman–Crippen LogP) is 6.30. The molecule has 3 rings (SSSR count). The maximum Gasteiger partial charge on any atom is 0.182 e. The first-order valence-electron chi connectivity index (χ1n) is 5.52. The Morgan fingerprint density at radius 1 is 0.900 bits per heavy atom. The van der Waals surface area contributed by atoms with Gasteiger partial charge in [-0.15, -0.1) is 0 Å². The van der Waals surface area contributed by atoms with Gasteiger partial charge in [0, 0.05) is 5.02 Å². The van der Waals surface area contributed by atoms with E-state index in [1.165, 1.54) is 0 Å². The molecule has 102 valence electrons. The lowest BCUT2D eigenvalue weighted by atomic mass is 10.2. The SMILES string of the molecule is S=c1[nH]c2cc(Cl)c(Cl)cc2n1-c1ccc(Cl)cc1Cl. The van der Waals surface area contributed by atoms with Crippen LogP contribution in [0.25, 0.3) is 16.7 Å². The molecule has 1 heterocycles. The zero-order valence-corrected chi connectivity index (χ0v) is 13.6. The fourth-order valence-corrected chi connectivity index (χ4v) is 3.12. The van der Waals surface area contributed by atoms with Crippen molar-refractivity contribution in [1.29, 1.82) is 0 Å². The second-order valence-corrected chi connectivity index (χ2v) is 6.19. The van der Waals surface area contributed by atoms with Gasteiger partial charge in [0.25, 0.3) is 0 Å². The van der Waals surface area contributed by atoms with Crippen LogP contribution in [0.15, 0.2) is 30.3 Å². The van der Waals surface area contributed by atoms with Crippen molar-refractivity contribution in [2.24, 2.45) is 0 Å². The Hall–Kier alpha value is -0.710. The lowest BCUT2D eigenvalue weighted by molar-refractivity contribution is 1.07. The van der Waals surface area contributed by atoms with Crippen molar-refractivity contribution in [2.45, 2.75) is 0 Å². The van der Waals surface area contributed by atoms with Gasteiger partial charge < -0.3 is 4.98 Å². The first kappa shape index (κ1) is 14.2. The molecule has 0 atom stereocenters. The standard InChI is InChI=1S/C13H6Cl4N2S/c14-6-1-2-11(9(17)3-6)19-12-5-8(16)7(15)4-10(12)18-13(19)20/h1-5H,(H,18,20). The Balaban J connectivity index is 2.39. The lowest BCUT2D eigenvalue weighted by Gasteiger charge is -2.08. The van der Waals surface area contributed by atoms with E-state index in [-0.39, 0.29) is 0 Å². The van der Waals surface area contributed by atoms with Crippen LogP contribution >= 0.6 is 58.6 Å². The molecule has 3 aromatic rings. The minimum Gasteiger partial charge on any atom is -0.330 e. The van der Waals surface area contributed by atoms with Crippen molar-refractivity contribution < 1.29 is 0 Å². The van der Waals surface area contributed by atoms with Crippen LogP contribution in [0.3, 0.4) is 0 Å². The van der Waals surface area contributed by atoms with Crippen LogP contribution < -0.4 is 0 Å². The number of aromatic amines is 1. The Kier molecular flexibility index (Phi) is 3.73. The van der Waals surface area contributed by atoms with Gasteiger partial charge in [-0.2, -0.15) is 0 Å². The van der Waals surface area contributed by atoms with Crippen molar-refractivity contribution in [1.82, 2.24) is 9.55 Å². The van der Waals surface area contributed by atoms with Crippen LogP contribution in [-0.2, 0) is 0 Å². The van der Waals surface area contributed by atoms with E-state index in [1.54, 1.807) is 34.9 Å². The largest absolute Gasteiger partial charge is 0.330 e. The highest BCUT2D eigenvalue weighted by molar-refractivity contribution is 7.71. The molecule has 0 saturated carbocycles. The van der Waals surface area contributed by atoms with E-state index in [1.807, 2.05) is 0 Å². The summed E-state index contributed by atoms with van der Waals surface area (Å²) in [5.74, 6) is 0. The average Bonchev–Trinajstić information content (AvgIpc) is 2.66. The minimum atomic E-state index is 0.451. The molecule has 0 aliphatic carbocycles. The molecular formula is C13H6Cl4N2S. The van der Waals surface area contributed by atoms with E-state index in [9.17, 15) is 0 Å². The number of fused-ring (bicyclic) bond motifs is 1. The van der Waals surface area contributed by atoms with E-state index in [0.717, 1.165) is 16.7 Å². The van der Waals surface area contributed by atoms with Crippen molar-refractivity contribution in [3.63, 3.8) is 0 Å². The Labute approximate surface area is 139 Å². The van der Waals surface area contributed by atoms with Crippen LogP contribution in [0.1, 0.15) is 0 Å². The number of halogens is 4. The molecule has 0 radical (unpaired) electrons. The molecule has 1 aromatic heterocycles. The third-order valence-electron chi connectivity index (χ3n) is 2.87. The fraction of sp³-hybridized carbons (Fsp3) is 0. The summed E-state index contributed by atoms with van der Waals surface area (Å²) >= 11 is 29.6. The summed E-state index contributed by atoms with van der Waals surface area (Å²) < 4.78 is 2.30. The van der Waals surface area contributed by atoms with Gasteiger partial charge in [-0.05, 0) is 42.5 Å². The first-order chi connectivity index (χ1) is 9.47. The van der Waals surface area contributed by atoms with Crippen LogP contribution in [0.2, 0.25) is 20.1 Å². The Morgan fingerprint density at radius 2 is 1.60 bits per heavy atom. The normalized spacial score (nSPS) is 11.2. The highest BCUT2D eigenvalue weighted by atomic mass is 35.5. The highest BCUT2D eigenvalue weighted by Crippen LogP contribution is 2.32. The number of nitrogens with zero attached hydrogens (tertiary/aromatic N) is 1. The van der Waals surface area contributed by atoms with Crippen molar-refractivity contribution in [2.75, 3.05) is 0 Å². The Bertz CT molecular complexity index is 882. The molecular weight excluding hydrogens is 358 g/mol. The molecule has 20 heavy (non-hydrogen) atoms. The van der Waals surface area contributed by atoms with Gasteiger partial charge in [0.15, 0.2) is 4.77 Å². The maximum atomic E-state index is 6.24. The molecule has 7 heteroatoms. The molecule has 0 spiro atoms. The monoisotopic (exact) mass is 362 g/mol. The van der Waals surface area contributed by atoms with E-state index in [2.05, 4.69) is 4.98 Å². The zero-order valence-electron chi connectivity index (χ0n) is 9.75. The molecule has 2 nitrogen and oxygen atoms in total. The number of H-pyrrole nitrogens is 1. The number of rotatable bonds is 1. The number of hydrogen-bond acceptors (Lipinski definition) is 1. The summed E-state index contributed by atoms with van der Waals surface area (Å²) in [7, 11) is 0. The molecule has 0 aliphatic rings. The van der Waals surface area contributed by atoms with E-state index >= 15 is 0 Å². The fourth-order valence-electron chi connectivity index (χ4n) is 2.00. The van der Waals surface area contributed by atoms with Crippen molar-refractivity contribution in [3.8, 4) is 5.69 Å². The van der Waals surface area contributed by atoms with E-state index < -0.39 is 0 Å². The summed E-state index contributed by atoms with van der Waals surface area (Å²) in [6.07, 6.45) is 0. The molecule has 2 aromatic carbocycles. The van der Waals surface area contributed by atoms with Gasteiger partial charge >= 0.3 is 0 Å². The topological polar surface area (TPSA) is 20.7 Å². The van der Waals surface area contributed by atoms with Gasteiger partial charge in [0.2, 0.25) is 0 Å². The van der Waals surface area contributed by atoms with Crippen LogP contribution in [0, 0.1) is 4.77 Å². The lowest BCUT2D eigenvalue weighted by Crippen LogP contribution is -1.95. The van der Waals surface area contributed by atoms with Crippen LogP contribution in [-0.4, -0.2) is 9.55 Å². The second-order valence-electron chi connectivity index (χ2n) is 4.14. The smallest absolute Gasteiger partial charge is 0.182 e. The van der Waals surface area contributed by atoms with Gasteiger partial charge in [-0.1, -0.05) is 46.4 Å². The van der Waals surface area contributed by atoms with Gasteiger partial charge in [-0.3, -0.25) is 4.57 Å². The molecule has 0 unspecified atom stereocenters. The number of aromatic nitrogens is 2. The quantitative estimate of drug-likeness (QED) is 0.503. The number of nitrogens with one attached hydrogen (secondary N) is 1. The molecule has 0 saturated heterocycles. The Morgan fingerprint density at radius 3 is 2.30 bits per heavy atom. The van der Waals surface area contributed by atoms with Crippen LogP contribution in [0.4, 0.5) is 0 Å². The van der Waals surface area contributed by atoms with Gasteiger partial charge in [0.05, 0.1) is 31.8 Å². The third kappa shape index (κ3) is 2.34. The third-order valence-corrected chi connectivity index (χ3v) is 4.42. The molecule has 1 N–H and O–H groups in total. The summed E-state index contributed by atoms with van der Waals surface area (Å²) in [5.41, 5.74) is 2.31. The summed E-state index contributed by atoms with van der Waals surface area (Å²) in [6.45, 7) is 0. The maximum absolute atomic E-state index is 6.24. The molecule has 0 bridgehead atoms. The second kappa shape index (κ2) is 5.24. The van der Waals surface area contributed by atoms with Crippen LogP contribution in [0.5, 0.6) is 0 Å². The average molecular weight is 364 g/mol. The van der Waals surface area contributed by atoms with Crippen molar-refractivity contribution >= 4 is 69.7 Å². The molecule has 0 aliphatic heterocycles. The van der Waals surface area contributed by atoms with Gasteiger partial charge in [0.1, 0.15) is 0 Å².